The summed E-state index contributed by atoms with van der Waals surface area (Å²) in [5.74, 6) is 0.316. The lowest BCUT2D eigenvalue weighted by Crippen LogP contribution is -1.93. The Morgan fingerprint density at radius 2 is 2.07 bits per heavy atom. The molecule has 0 saturated heterocycles. The Kier molecular flexibility index (Phi) is 4.21. The van der Waals surface area contributed by atoms with Crippen LogP contribution < -0.4 is 0 Å². The predicted octanol–water partition coefficient (Wildman–Crippen LogP) is 2.43. The molecule has 0 aromatic heterocycles. The van der Waals surface area contributed by atoms with Crippen molar-refractivity contribution in [2.24, 2.45) is 0 Å². The molecule has 0 unspecified atom stereocenters. The lowest BCUT2D eigenvalue weighted by molar-refractivity contribution is -0.107. The first-order valence-electron chi connectivity index (χ1n) is 4.32. The molecule has 14 heavy (non-hydrogen) atoms. The van der Waals surface area contributed by atoms with Gasteiger partial charge in [-0.05, 0) is 11.6 Å². The molecular formula is C12H12O2. The zero-order chi connectivity index (χ0) is 10.2. The summed E-state index contributed by atoms with van der Waals surface area (Å²) in [4.78, 5) is 10.6. The highest BCUT2D eigenvalue weighted by molar-refractivity contribution is 5.78. The third-order valence-corrected chi connectivity index (χ3v) is 1.59. The van der Waals surface area contributed by atoms with Gasteiger partial charge in [0.15, 0.2) is 12.0 Å². The first-order valence-corrected chi connectivity index (χ1v) is 4.32. The van der Waals surface area contributed by atoms with Crippen LogP contribution in [0.2, 0.25) is 0 Å². The van der Waals surface area contributed by atoms with Crippen molar-refractivity contribution >= 4 is 12.4 Å². The van der Waals surface area contributed by atoms with Crippen molar-refractivity contribution in [1.29, 1.82) is 0 Å². The van der Waals surface area contributed by atoms with Crippen LogP contribution in [0.1, 0.15) is 5.56 Å². The van der Waals surface area contributed by atoms with E-state index >= 15 is 0 Å². The van der Waals surface area contributed by atoms with E-state index in [2.05, 4.69) is 6.58 Å². The van der Waals surface area contributed by atoms with E-state index < -0.39 is 0 Å². The molecule has 0 radical (unpaired) electrons. The first-order chi connectivity index (χ1) is 6.86. The van der Waals surface area contributed by atoms with Crippen molar-refractivity contribution < 1.29 is 9.53 Å². The van der Waals surface area contributed by atoms with Crippen LogP contribution in [0, 0.1) is 0 Å². The van der Waals surface area contributed by atoms with E-state index in [-0.39, 0.29) is 0 Å². The van der Waals surface area contributed by atoms with Crippen LogP contribution in [0.4, 0.5) is 0 Å². The summed E-state index contributed by atoms with van der Waals surface area (Å²) in [6.07, 6.45) is 3.98. The Hall–Kier alpha value is -1.83. The molecule has 0 atom stereocenters. The molecule has 0 aliphatic rings. The molecule has 0 aliphatic heterocycles. The molecule has 72 valence electrons. The van der Waals surface area contributed by atoms with Gasteiger partial charge in [-0.25, -0.2) is 0 Å². The Morgan fingerprint density at radius 3 is 2.64 bits per heavy atom. The Bertz CT molecular complexity index is 325. The fraction of sp³-hybridized carbons (Fsp3) is 0.0833. The molecular weight excluding hydrogens is 176 g/mol. The van der Waals surface area contributed by atoms with Crippen molar-refractivity contribution in [1.82, 2.24) is 0 Å². The molecule has 2 nitrogen and oxygen atoms in total. The van der Waals surface area contributed by atoms with Gasteiger partial charge in [0.1, 0.15) is 6.61 Å². The van der Waals surface area contributed by atoms with E-state index in [1.54, 1.807) is 12.2 Å². The number of benzene rings is 1. The third kappa shape index (κ3) is 3.27. The first kappa shape index (κ1) is 10.3. The number of hydrogen-bond acceptors (Lipinski definition) is 2. The van der Waals surface area contributed by atoms with E-state index in [1.807, 2.05) is 30.3 Å². The van der Waals surface area contributed by atoms with Gasteiger partial charge in [-0.2, -0.15) is 0 Å². The summed E-state index contributed by atoms with van der Waals surface area (Å²) >= 11 is 0. The predicted molar refractivity (Wildman–Crippen MR) is 56.6 cm³/mol. The summed E-state index contributed by atoms with van der Waals surface area (Å²) in [5.41, 5.74) is 0.943. The van der Waals surface area contributed by atoms with Crippen LogP contribution >= 0.6 is 0 Å². The maximum atomic E-state index is 10.6. The number of carbonyl (C=O) groups excluding carboxylic acids is 1. The van der Waals surface area contributed by atoms with Crippen LogP contribution in [0.25, 0.3) is 6.08 Å². The monoisotopic (exact) mass is 188 g/mol. The van der Waals surface area contributed by atoms with Gasteiger partial charge in [0.05, 0.1) is 0 Å². The number of carbonyl (C=O) groups is 1. The summed E-state index contributed by atoms with van der Waals surface area (Å²) in [6.45, 7) is 3.85. The average molecular weight is 188 g/mol. The van der Waals surface area contributed by atoms with Gasteiger partial charge < -0.3 is 4.74 Å². The molecule has 0 heterocycles. The lowest BCUT2D eigenvalue weighted by Gasteiger charge is -2.01. The molecule has 1 rings (SSSR count). The molecule has 0 fully saturated rings. The summed E-state index contributed by atoms with van der Waals surface area (Å²) < 4.78 is 5.12. The van der Waals surface area contributed by atoms with Gasteiger partial charge in [0.25, 0.3) is 0 Å². The van der Waals surface area contributed by atoms with Crippen LogP contribution in [0.5, 0.6) is 0 Å². The second-order valence-electron chi connectivity index (χ2n) is 2.67. The topological polar surface area (TPSA) is 26.3 Å². The fourth-order valence-electron chi connectivity index (χ4n) is 0.978. The number of allylic oxidation sites excluding steroid dienone is 1. The van der Waals surface area contributed by atoms with Crippen molar-refractivity contribution in [2.45, 2.75) is 0 Å². The van der Waals surface area contributed by atoms with E-state index in [9.17, 15) is 4.79 Å². The molecule has 0 bridgehead atoms. The molecule has 1 aromatic carbocycles. The minimum Gasteiger partial charge on any atom is -0.486 e. The van der Waals surface area contributed by atoms with Gasteiger partial charge in [0.2, 0.25) is 0 Å². The smallest absolute Gasteiger partial charge is 0.184 e. The zero-order valence-electron chi connectivity index (χ0n) is 7.85. The SMILES string of the molecule is C=CCOC(C=O)=Cc1ccccc1. The van der Waals surface area contributed by atoms with E-state index in [0.717, 1.165) is 5.56 Å². The Labute approximate surface area is 83.5 Å². The summed E-state index contributed by atoms with van der Waals surface area (Å²) in [6, 6.07) is 9.54. The fourth-order valence-corrected chi connectivity index (χ4v) is 0.978. The Morgan fingerprint density at radius 1 is 1.36 bits per heavy atom. The zero-order valence-corrected chi connectivity index (χ0v) is 7.85. The average Bonchev–Trinajstić information content (AvgIpc) is 2.25. The molecule has 0 amide bonds. The highest BCUT2D eigenvalue weighted by Gasteiger charge is 1.94. The van der Waals surface area contributed by atoms with Gasteiger partial charge >= 0.3 is 0 Å². The highest BCUT2D eigenvalue weighted by atomic mass is 16.5. The second kappa shape index (κ2) is 5.75. The third-order valence-electron chi connectivity index (χ3n) is 1.59. The quantitative estimate of drug-likeness (QED) is 0.307. The Balaban J connectivity index is 2.73. The lowest BCUT2D eigenvalue weighted by atomic mass is 10.2. The minimum atomic E-state index is 0.316. The molecule has 2 heteroatoms. The number of aldehydes is 1. The minimum absolute atomic E-state index is 0.316. The number of ether oxygens (including phenoxy) is 1. The maximum absolute atomic E-state index is 10.6. The molecule has 0 N–H and O–H groups in total. The molecule has 0 saturated carbocycles. The van der Waals surface area contributed by atoms with Crippen LogP contribution in [0.15, 0.2) is 48.7 Å². The summed E-state index contributed by atoms with van der Waals surface area (Å²) in [5, 5.41) is 0. The van der Waals surface area contributed by atoms with Crippen molar-refractivity contribution in [3.05, 3.63) is 54.3 Å². The molecule has 0 spiro atoms. The van der Waals surface area contributed by atoms with Crippen LogP contribution in [-0.4, -0.2) is 12.9 Å². The van der Waals surface area contributed by atoms with Crippen molar-refractivity contribution in [3.8, 4) is 0 Å². The van der Waals surface area contributed by atoms with Crippen LogP contribution in [-0.2, 0) is 9.53 Å². The maximum Gasteiger partial charge on any atom is 0.184 e. The van der Waals surface area contributed by atoms with Crippen molar-refractivity contribution in [3.63, 3.8) is 0 Å². The van der Waals surface area contributed by atoms with Crippen molar-refractivity contribution in [2.75, 3.05) is 6.61 Å². The van der Waals surface area contributed by atoms with E-state index in [0.29, 0.717) is 18.7 Å². The van der Waals surface area contributed by atoms with Gasteiger partial charge in [-0.1, -0.05) is 43.0 Å². The van der Waals surface area contributed by atoms with E-state index in [4.69, 9.17) is 4.74 Å². The largest absolute Gasteiger partial charge is 0.486 e. The molecule has 0 aliphatic carbocycles. The number of hydrogen-bond donors (Lipinski definition) is 0. The van der Waals surface area contributed by atoms with Gasteiger partial charge in [-0.15, -0.1) is 0 Å². The second-order valence-corrected chi connectivity index (χ2v) is 2.67. The normalized spacial score (nSPS) is 10.7. The standard InChI is InChI=1S/C12H12O2/c1-2-8-14-12(10-13)9-11-6-4-3-5-7-11/h2-7,9-10H,1,8H2. The number of rotatable bonds is 5. The van der Waals surface area contributed by atoms with Gasteiger partial charge in [0, 0.05) is 0 Å². The van der Waals surface area contributed by atoms with E-state index in [1.165, 1.54) is 0 Å². The highest BCUT2D eigenvalue weighted by Crippen LogP contribution is 2.05. The van der Waals surface area contributed by atoms with Gasteiger partial charge in [-0.3, -0.25) is 4.79 Å². The molecule has 1 aromatic rings. The van der Waals surface area contributed by atoms with Crippen LogP contribution in [0.3, 0.4) is 0 Å². The summed E-state index contributed by atoms with van der Waals surface area (Å²) in [7, 11) is 0.